The van der Waals surface area contributed by atoms with E-state index in [1.165, 1.54) is 0 Å². The molecule has 0 aromatic rings. The first-order chi connectivity index (χ1) is 6.47. The third kappa shape index (κ3) is 2.61. The number of amides is 1. The van der Waals surface area contributed by atoms with Gasteiger partial charge in [-0.25, -0.2) is 0 Å². The van der Waals surface area contributed by atoms with Crippen LogP contribution in [0.3, 0.4) is 0 Å². The van der Waals surface area contributed by atoms with E-state index in [9.17, 15) is 4.79 Å². The molecule has 1 saturated heterocycles. The average Bonchev–Trinajstić information content (AvgIpc) is 2.16. The zero-order chi connectivity index (χ0) is 10.8. The highest BCUT2D eigenvalue weighted by molar-refractivity contribution is 6.19. The summed E-state index contributed by atoms with van der Waals surface area (Å²) in [6.07, 6.45) is 2.02. The molecular formula is C10H19ClN2O. The van der Waals surface area contributed by atoms with Crippen molar-refractivity contribution >= 4 is 17.5 Å². The number of nitrogens with zero attached hydrogens (tertiary/aromatic N) is 1. The Morgan fingerprint density at radius 2 is 2.29 bits per heavy atom. The lowest BCUT2D eigenvalue weighted by molar-refractivity contribution is -0.140. The topological polar surface area (TPSA) is 46.3 Å². The Bertz CT molecular complexity index is 218. The molecule has 0 radical (unpaired) electrons. The Hall–Kier alpha value is -0.280. The van der Waals surface area contributed by atoms with E-state index < -0.39 is 5.41 Å². The monoisotopic (exact) mass is 218 g/mol. The van der Waals surface area contributed by atoms with Crippen LogP contribution in [0.5, 0.6) is 0 Å². The van der Waals surface area contributed by atoms with E-state index in [2.05, 4.69) is 0 Å². The van der Waals surface area contributed by atoms with Gasteiger partial charge in [0.05, 0.1) is 5.41 Å². The van der Waals surface area contributed by atoms with Crippen molar-refractivity contribution in [3.05, 3.63) is 0 Å². The Labute approximate surface area is 90.6 Å². The molecule has 1 amide bonds. The van der Waals surface area contributed by atoms with Crippen LogP contribution in [0.15, 0.2) is 0 Å². The molecule has 0 aromatic heterocycles. The third-order valence-electron chi connectivity index (χ3n) is 2.66. The second-order valence-electron chi connectivity index (χ2n) is 4.67. The fraction of sp³-hybridized carbons (Fsp3) is 0.900. The van der Waals surface area contributed by atoms with Crippen LogP contribution in [0.25, 0.3) is 0 Å². The van der Waals surface area contributed by atoms with Crippen molar-refractivity contribution in [1.82, 2.24) is 4.90 Å². The van der Waals surface area contributed by atoms with Gasteiger partial charge in [0.2, 0.25) is 5.91 Å². The predicted octanol–water partition coefficient (Wildman–Crippen LogP) is 1.20. The van der Waals surface area contributed by atoms with E-state index in [1.807, 2.05) is 18.7 Å². The number of hydrogen-bond donors (Lipinski definition) is 1. The first kappa shape index (κ1) is 11.8. The van der Waals surface area contributed by atoms with Gasteiger partial charge in [-0.1, -0.05) is 0 Å². The highest BCUT2D eigenvalue weighted by Crippen LogP contribution is 2.22. The van der Waals surface area contributed by atoms with Gasteiger partial charge in [-0.2, -0.15) is 0 Å². The number of carbonyl (C=O) groups excluding carboxylic acids is 1. The molecule has 82 valence electrons. The number of hydrogen-bond acceptors (Lipinski definition) is 2. The van der Waals surface area contributed by atoms with E-state index in [0.717, 1.165) is 19.4 Å². The highest BCUT2D eigenvalue weighted by atomic mass is 35.5. The molecule has 0 aliphatic carbocycles. The minimum absolute atomic E-state index is 0.127. The fourth-order valence-corrected chi connectivity index (χ4v) is 1.79. The number of nitrogens with two attached hydrogens (primary N) is 1. The number of alkyl halides is 1. The minimum Gasteiger partial charge on any atom is -0.341 e. The Morgan fingerprint density at radius 3 is 2.79 bits per heavy atom. The van der Waals surface area contributed by atoms with Gasteiger partial charge in [-0.05, 0) is 26.7 Å². The van der Waals surface area contributed by atoms with Crippen LogP contribution in [-0.2, 0) is 4.79 Å². The standard InChI is InChI=1S/C10H19ClN2O/c1-10(2,7-11)9(14)13-5-3-4-8(12)6-13/h8H,3-7,12H2,1-2H3. The highest BCUT2D eigenvalue weighted by Gasteiger charge is 2.32. The summed E-state index contributed by atoms with van der Waals surface area (Å²) >= 11 is 5.76. The molecule has 1 aliphatic heterocycles. The first-order valence-corrected chi connectivity index (χ1v) is 5.62. The number of likely N-dealkylation sites (tertiary alicyclic amines) is 1. The molecule has 4 heteroatoms. The molecule has 1 aliphatic rings. The van der Waals surface area contributed by atoms with Crippen molar-refractivity contribution in [2.24, 2.45) is 11.1 Å². The summed E-state index contributed by atoms with van der Waals surface area (Å²) in [5.74, 6) is 0.486. The summed E-state index contributed by atoms with van der Waals surface area (Å²) in [6, 6.07) is 0.138. The van der Waals surface area contributed by atoms with E-state index in [0.29, 0.717) is 12.4 Å². The minimum atomic E-state index is -0.460. The zero-order valence-corrected chi connectivity index (χ0v) is 9.68. The summed E-state index contributed by atoms with van der Waals surface area (Å²) in [7, 11) is 0. The summed E-state index contributed by atoms with van der Waals surface area (Å²) in [5.41, 5.74) is 5.36. The van der Waals surface area contributed by atoms with Gasteiger partial charge in [0, 0.05) is 25.0 Å². The lowest BCUT2D eigenvalue weighted by Crippen LogP contribution is -2.50. The molecule has 1 atom stereocenters. The van der Waals surface area contributed by atoms with Gasteiger partial charge >= 0.3 is 0 Å². The lowest BCUT2D eigenvalue weighted by atomic mass is 9.92. The van der Waals surface area contributed by atoms with Crippen molar-refractivity contribution in [3.8, 4) is 0 Å². The van der Waals surface area contributed by atoms with E-state index in [4.69, 9.17) is 17.3 Å². The van der Waals surface area contributed by atoms with E-state index in [1.54, 1.807) is 0 Å². The smallest absolute Gasteiger partial charge is 0.229 e. The van der Waals surface area contributed by atoms with Crippen LogP contribution in [0.2, 0.25) is 0 Å². The molecule has 1 rings (SSSR count). The Morgan fingerprint density at radius 1 is 1.64 bits per heavy atom. The fourth-order valence-electron chi connectivity index (χ4n) is 1.68. The molecule has 0 bridgehead atoms. The second kappa shape index (κ2) is 4.49. The molecule has 2 N–H and O–H groups in total. The number of halogens is 1. The Balaban J connectivity index is 2.60. The zero-order valence-electron chi connectivity index (χ0n) is 8.92. The van der Waals surface area contributed by atoms with Crippen LogP contribution in [0.4, 0.5) is 0 Å². The molecule has 1 fully saturated rings. The van der Waals surface area contributed by atoms with Gasteiger partial charge in [-0.15, -0.1) is 11.6 Å². The second-order valence-corrected chi connectivity index (χ2v) is 4.94. The van der Waals surface area contributed by atoms with Gasteiger partial charge in [0.25, 0.3) is 0 Å². The average molecular weight is 219 g/mol. The number of piperidine rings is 1. The van der Waals surface area contributed by atoms with Gasteiger partial charge < -0.3 is 10.6 Å². The van der Waals surface area contributed by atoms with Crippen LogP contribution in [-0.4, -0.2) is 35.8 Å². The van der Waals surface area contributed by atoms with Gasteiger partial charge in [0.1, 0.15) is 0 Å². The maximum absolute atomic E-state index is 12.0. The van der Waals surface area contributed by atoms with Crippen LogP contribution >= 0.6 is 11.6 Å². The van der Waals surface area contributed by atoms with Gasteiger partial charge in [-0.3, -0.25) is 4.79 Å². The molecule has 3 nitrogen and oxygen atoms in total. The van der Waals surface area contributed by atoms with E-state index in [-0.39, 0.29) is 11.9 Å². The molecule has 14 heavy (non-hydrogen) atoms. The normalized spacial score (nSPS) is 23.7. The molecule has 1 heterocycles. The lowest BCUT2D eigenvalue weighted by Gasteiger charge is -2.35. The van der Waals surface area contributed by atoms with Crippen molar-refractivity contribution in [2.45, 2.75) is 32.7 Å². The maximum Gasteiger partial charge on any atom is 0.229 e. The quantitative estimate of drug-likeness (QED) is 0.709. The predicted molar refractivity (Wildman–Crippen MR) is 58.3 cm³/mol. The summed E-state index contributed by atoms with van der Waals surface area (Å²) in [4.78, 5) is 13.8. The maximum atomic E-state index is 12.0. The van der Waals surface area contributed by atoms with Crippen molar-refractivity contribution in [2.75, 3.05) is 19.0 Å². The summed E-state index contributed by atoms with van der Waals surface area (Å²) < 4.78 is 0. The van der Waals surface area contributed by atoms with Crippen LogP contribution < -0.4 is 5.73 Å². The van der Waals surface area contributed by atoms with Crippen molar-refractivity contribution < 1.29 is 4.79 Å². The molecule has 1 unspecified atom stereocenters. The van der Waals surface area contributed by atoms with E-state index >= 15 is 0 Å². The molecular weight excluding hydrogens is 200 g/mol. The largest absolute Gasteiger partial charge is 0.341 e. The number of rotatable bonds is 2. The van der Waals surface area contributed by atoms with Crippen LogP contribution in [0.1, 0.15) is 26.7 Å². The van der Waals surface area contributed by atoms with Crippen molar-refractivity contribution in [3.63, 3.8) is 0 Å². The summed E-state index contributed by atoms with van der Waals surface area (Å²) in [5, 5.41) is 0. The van der Waals surface area contributed by atoms with Crippen molar-refractivity contribution in [1.29, 1.82) is 0 Å². The summed E-state index contributed by atoms with van der Waals surface area (Å²) in [6.45, 7) is 5.26. The third-order valence-corrected chi connectivity index (χ3v) is 3.33. The molecule has 0 spiro atoms. The SMILES string of the molecule is CC(C)(CCl)C(=O)N1CCCC(N)C1. The van der Waals surface area contributed by atoms with Gasteiger partial charge in [0.15, 0.2) is 0 Å². The molecule has 0 saturated carbocycles. The number of carbonyl (C=O) groups is 1. The first-order valence-electron chi connectivity index (χ1n) is 5.08. The van der Waals surface area contributed by atoms with Crippen LogP contribution in [0, 0.1) is 5.41 Å². The molecule has 0 aromatic carbocycles. The Kier molecular flexibility index (Phi) is 3.78.